The smallest absolute Gasteiger partial charge is 0.224 e. The molecule has 2 aromatic rings. The number of rotatable bonds is 5. The lowest BCUT2D eigenvalue weighted by molar-refractivity contribution is -0.116. The zero-order chi connectivity index (χ0) is 14.4. The van der Waals surface area contributed by atoms with Gasteiger partial charge in [-0.3, -0.25) is 4.79 Å². The van der Waals surface area contributed by atoms with Crippen LogP contribution in [-0.4, -0.2) is 10.9 Å². The highest BCUT2D eigenvalue weighted by atomic mass is 35.5. The molecule has 1 aromatic carbocycles. The summed E-state index contributed by atoms with van der Waals surface area (Å²) in [5.41, 5.74) is 7.32. The molecule has 2 rings (SSSR count). The van der Waals surface area contributed by atoms with Crippen molar-refractivity contribution in [1.29, 1.82) is 0 Å². The maximum absolute atomic E-state index is 11.8. The number of benzene rings is 1. The Balaban J connectivity index is 1.75. The molecule has 104 valence electrons. The van der Waals surface area contributed by atoms with Gasteiger partial charge in [0, 0.05) is 11.4 Å². The molecule has 1 amide bonds. The van der Waals surface area contributed by atoms with E-state index in [9.17, 15) is 4.79 Å². The number of aromatic nitrogens is 1. The van der Waals surface area contributed by atoms with Crippen LogP contribution in [0.3, 0.4) is 0 Å². The van der Waals surface area contributed by atoms with E-state index in [0.717, 1.165) is 17.9 Å². The number of nitrogen functional groups attached to an aromatic ring is 1. The highest BCUT2D eigenvalue weighted by Gasteiger charge is 2.03. The predicted octanol–water partition coefficient (Wildman–Crippen LogP) is 3.28. The first kappa shape index (κ1) is 14.3. The number of halogens is 1. The highest BCUT2D eigenvalue weighted by molar-refractivity contribution is 6.30. The Hall–Kier alpha value is -2.07. The minimum atomic E-state index is -0.0227. The first-order valence-electron chi connectivity index (χ1n) is 6.39. The van der Waals surface area contributed by atoms with Crippen molar-refractivity contribution in [2.45, 2.75) is 19.3 Å². The van der Waals surface area contributed by atoms with Gasteiger partial charge < -0.3 is 11.1 Å². The lowest BCUT2D eigenvalue weighted by Crippen LogP contribution is -2.11. The quantitative estimate of drug-likeness (QED) is 0.887. The van der Waals surface area contributed by atoms with Crippen LogP contribution in [0.5, 0.6) is 0 Å². The molecule has 0 radical (unpaired) electrons. The van der Waals surface area contributed by atoms with E-state index in [2.05, 4.69) is 10.3 Å². The van der Waals surface area contributed by atoms with Crippen LogP contribution in [0.2, 0.25) is 5.02 Å². The molecule has 0 saturated carbocycles. The summed E-state index contributed by atoms with van der Waals surface area (Å²) in [6.07, 6.45) is 3.65. The SMILES string of the molecule is Nc1ccc(NC(=O)CCCc2ccc(Cl)cc2)cn1. The van der Waals surface area contributed by atoms with E-state index in [1.165, 1.54) is 5.56 Å². The van der Waals surface area contributed by atoms with Crippen molar-refractivity contribution < 1.29 is 4.79 Å². The van der Waals surface area contributed by atoms with E-state index in [4.69, 9.17) is 17.3 Å². The van der Waals surface area contributed by atoms with Crippen LogP contribution in [0.15, 0.2) is 42.6 Å². The Kier molecular flexibility index (Phi) is 4.96. The van der Waals surface area contributed by atoms with Crippen LogP contribution in [0, 0.1) is 0 Å². The summed E-state index contributed by atoms with van der Waals surface area (Å²) in [6, 6.07) is 11.1. The van der Waals surface area contributed by atoms with Crippen LogP contribution in [0.1, 0.15) is 18.4 Å². The third kappa shape index (κ3) is 4.55. The number of aryl methyl sites for hydroxylation is 1. The minimum absolute atomic E-state index is 0.0227. The van der Waals surface area contributed by atoms with Gasteiger partial charge in [0.05, 0.1) is 11.9 Å². The second-order valence-electron chi connectivity index (χ2n) is 4.50. The number of pyridine rings is 1. The first-order valence-corrected chi connectivity index (χ1v) is 6.77. The number of anilines is 2. The van der Waals surface area contributed by atoms with E-state index in [1.807, 2.05) is 24.3 Å². The summed E-state index contributed by atoms with van der Waals surface area (Å²) >= 11 is 5.82. The molecule has 1 heterocycles. The minimum Gasteiger partial charge on any atom is -0.384 e. The Morgan fingerprint density at radius 3 is 2.60 bits per heavy atom. The molecule has 0 fully saturated rings. The van der Waals surface area contributed by atoms with Gasteiger partial charge in [-0.05, 0) is 42.7 Å². The molecule has 0 bridgehead atoms. The molecule has 0 unspecified atom stereocenters. The van der Waals surface area contributed by atoms with Gasteiger partial charge in [0.15, 0.2) is 0 Å². The fourth-order valence-electron chi connectivity index (χ4n) is 1.81. The van der Waals surface area contributed by atoms with E-state index in [1.54, 1.807) is 18.3 Å². The van der Waals surface area contributed by atoms with Crippen molar-refractivity contribution in [3.63, 3.8) is 0 Å². The summed E-state index contributed by atoms with van der Waals surface area (Å²) in [5, 5.41) is 3.51. The van der Waals surface area contributed by atoms with Crippen molar-refractivity contribution in [2.24, 2.45) is 0 Å². The normalized spacial score (nSPS) is 10.2. The topological polar surface area (TPSA) is 68.0 Å². The second-order valence-corrected chi connectivity index (χ2v) is 4.94. The molecule has 0 spiro atoms. The molecule has 0 aliphatic rings. The Labute approximate surface area is 123 Å². The van der Waals surface area contributed by atoms with E-state index >= 15 is 0 Å². The highest BCUT2D eigenvalue weighted by Crippen LogP contribution is 2.12. The molecule has 3 N–H and O–H groups in total. The lowest BCUT2D eigenvalue weighted by Gasteiger charge is -2.05. The van der Waals surface area contributed by atoms with Crippen molar-refractivity contribution in [3.05, 3.63) is 53.2 Å². The molecule has 1 aromatic heterocycles. The molecule has 0 aliphatic carbocycles. The monoisotopic (exact) mass is 289 g/mol. The Bertz CT molecular complexity index is 567. The predicted molar refractivity (Wildman–Crippen MR) is 81.7 cm³/mol. The average Bonchev–Trinajstić information content (AvgIpc) is 2.44. The van der Waals surface area contributed by atoms with Crippen LogP contribution in [0.4, 0.5) is 11.5 Å². The van der Waals surface area contributed by atoms with Crippen molar-refractivity contribution in [1.82, 2.24) is 4.98 Å². The number of carbonyl (C=O) groups excluding carboxylic acids is 1. The van der Waals surface area contributed by atoms with Gasteiger partial charge in [-0.15, -0.1) is 0 Å². The van der Waals surface area contributed by atoms with Gasteiger partial charge in [0.2, 0.25) is 5.91 Å². The number of carbonyl (C=O) groups is 1. The fourth-order valence-corrected chi connectivity index (χ4v) is 1.93. The molecule has 0 aliphatic heterocycles. The third-order valence-corrected chi connectivity index (χ3v) is 3.10. The number of hydrogen-bond acceptors (Lipinski definition) is 3. The third-order valence-electron chi connectivity index (χ3n) is 2.85. The molecular weight excluding hydrogens is 274 g/mol. The van der Waals surface area contributed by atoms with Gasteiger partial charge in [0.1, 0.15) is 5.82 Å². The number of amides is 1. The van der Waals surface area contributed by atoms with Gasteiger partial charge in [0.25, 0.3) is 0 Å². The molecule has 4 nitrogen and oxygen atoms in total. The van der Waals surface area contributed by atoms with E-state index < -0.39 is 0 Å². The molecular formula is C15H16ClN3O. The first-order chi connectivity index (χ1) is 9.63. The molecule has 20 heavy (non-hydrogen) atoms. The van der Waals surface area contributed by atoms with Crippen LogP contribution >= 0.6 is 11.6 Å². The van der Waals surface area contributed by atoms with E-state index in [0.29, 0.717) is 17.9 Å². The van der Waals surface area contributed by atoms with Crippen LogP contribution < -0.4 is 11.1 Å². The maximum Gasteiger partial charge on any atom is 0.224 e. The zero-order valence-corrected chi connectivity index (χ0v) is 11.7. The summed E-state index contributed by atoms with van der Waals surface area (Å²) in [7, 11) is 0. The van der Waals surface area contributed by atoms with Crippen molar-refractivity contribution in [3.8, 4) is 0 Å². The lowest BCUT2D eigenvalue weighted by atomic mass is 10.1. The van der Waals surface area contributed by atoms with Crippen LogP contribution in [-0.2, 0) is 11.2 Å². The summed E-state index contributed by atoms with van der Waals surface area (Å²) in [5.74, 6) is 0.413. The second kappa shape index (κ2) is 6.91. The van der Waals surface area contributed by atoms with E-state index in [-0.39, 0.29) is 5.91 Å². The van der Waals surface area contributed by atoms with Crippen LogP contribution in [0.25, 0.3) is 0 Å². The van der Waals surface area contributed by atoms with Gasteiger partial charge >= 0.3 is 0 Å². The average molecular weight is 290 g/mol. The summed E-state index contributed by atoms with van der Waals surface area (Å²) in [6.45, 7) is 0. The largest absolute Gasteiger partial charge is 0.384 e. The van der Waals surface area contributed by atoms with Crippen molar-refractivity contribution >= 4 is 29.0 Å². The zero-order valence-electron chi connectivity index (χ0n) is 11.0. The number of nitrogens with one attached hydrogen (secondary N) is 1. The number of nitrogens with zero attached hydrogens (tertiary/aromatic N) is 1. The Morgan fingerprint density at radius 1 is 1.20 bits per heavy atom. The molecule has 5 heteroatoms. The van der Waals surface area contributed by atoms with Crippen molar-refractivity contribution in [2.75, 3.05) is 11.1 Å². The molecule has 0 atom stereocenters. The number of hydrogen-bond donors (Lipinski definition) is 2. The summed E-state index contributed by atoms with van der Waals surface area (Å²) < 4.78 is 0. The van der Waals surface area contributed by atoms with Gasteiger partial charge in [-0.2, -0.15) is 0 Å². The molecule has 0 saturated heterocycles. The van der Waals surface area contributed by atoms with Gasteiger partial charge in [-0.25, -0.2) is 4.98 Å². The Morgan fingerprint density at radius 2 is 1.95 bits per heavy atom. The standard InChI is InChI=1S/C15H16ClN3O/c16-12-6-4-11(5-7-12)2-1-3-15(20)19-13-8-9-14(17)18-10-13/h4-10H,1-3H2,(H2,17,18)(H,19,20). The number of nitrogens with two attached hydrogens (primary N) is 1. The van der Waals surface area contributed by atoms with Gasteiger partial charge in [-0.1, -0.05) is 23.7 Å². The fraction of sp³-hybridized carbons (Fsp3) is 0.200. The summed E-state index contributed by atoms with van der Waals surface area (Å²) in [4.78, 5) is 15.7. The maximum atomic E-state index is 11.8.